The minimum Gasteiger partial charge on any atom is -0.468 e. The van der Waals surface area contributed by atoms with E-state index in [-0.39, 0.29) is 5.97 Å². The first-order chi connectivity index (χ1) is 7.04. The van der Waals surface area contributed by atoms with Crippen LogP contribution in [0.4, 0.5) is 0 Å². The fraction of sp³-hybridized carbons (Fsp3) is 0.750. The Kier molecular flexibility index (Phi) is 7.05. The van der Waals surface area contributed by atoms with Gasteiger partial charge >= 0.3 is 5.97 Å². The zero-order chi connectivity index (χ0) is 11.7. The molecule has 0 fully saturated rings. The Morgan fingerprint density at radius 2 is 2.00 bits per heavy atom. The van der Waals surface area contributed by atoms with E-state index in [1.165, 1.54) is 20.0 Å². The molecule has 0 spiro atoms. The normalized spacial score (nSPS) is 14.3. The predicted octanol–water partition coefficient (Wildman–Crippen LogP) is 2.40. The average molecular weight is 213 g/mol. The lowest BCUT2D eigenvalue weighted by Gasteiger charge is -2.20. The molecule has 0 saturated carbocycles. The van der Waals surface area contributed by atoms with Crippen molar-refractivity contribution in [2.45, 2.75) is 51.0 Å². The van der Waals surface area contributed by atoms with Crippen LogP contribution in [0.5, 0.6) is 0 Å². The van der Waals surface area contributed by atoms with Crippen LogP contribution in [0.1, 0.15) is 45.4 Å². The van der Waals surface area contributed by atoms with Crippen molar-refractivity contribution in [3.05, 3.63) is 12.7 Å². The number of unbranched alkanes of at least 4 members (excludes halogenated alkanes) is 4. The number of rotatable bonds is 8. The molecule has 0 radical (unpaired) electrons. The van der Waals surface area contributed by atoms with E-state index in [4.69, 9.17) is 5.73 Å². The molecule has 15 heavy (non-hydrogen) atoms. The van der Waals surface area contributed by atoms with Gasteiger partial charge in [0.05, 0.1) is 7.11 Å². The number of allylic oxidation sites excluding steroid dienone is 1. The molecule has 0 aromatic rings. The summed E-state index contributed by atoms with van der Waals surface area (Å²) in [5.74, 6) is -0.325. The second-order valence-electron chi connectivity index (χ2n) is 4.15. The van der Waals surface area contributed by atoms with E-state index in [1.54, 1.807) is 6.92 Å². The molecule has 0 aliphatic rings. The summed E-state index contributed by atoms with van der Waals surface area (Å²) >= 11 is 0. The smallest absolute Gasteiger partial charge is 0.325 e. The Hall–Kier alpha value is -0.830. The molecule has 1 atom stereocenters. The first-order valence-corrected chi connectivity index (χ1v) is 5.53. The van der Waals surface area contributed by atoms with Gasteiger partial charge in [-0.25, -0.2) is 0 Å². The molecule has 0 bridgehead atoms. The van der Waals surface area contributed by atoms with Crippen molar-refractivity contribution in [2.24, 2.45) is 5.73 Å². The van der Waals surface area contributed by atoms with Gasteiger partial charge < -0.3 is 10.5 Å². The molecular weight excluding hydrogens is 190 g/mol. The molecular formula is C12H23NO2. The Balaban J connectivity index is 3.57. The van der Waals surface area contributed by atoms with Crippen molar-refractivity contribution in [1.82, 2.24) is 0 Å². The number of hydrogen-bond acceptors (Lipinski definition) is 3. The van der Waals surface area contributed by atoms with Crippen molar-refractivity contribution in [1.29, 1.82) is 0 Å². The lowest BCUT2D eigenvalue weighted by Crippen LogP contribution is -2.45. The second-order valence-corrected chi connectivity index (χ2v) is 4.15. The maximum absolute atomic E-state index is 11.2. The lowest BCUT2D eigenvalue weighted by atomic mass is 9.95. The van der Waals surface area contributed by atoms with Crippen molar-refractivity contribution in [2.75, 3.05) is 7.11 Å². The van der Waals surface area contributed by atoms with Crippen LogP contribution in [0, 0.1) is 0 Å². The molecule has 0 aliphatic heterocycles. The molecule has 0 rings (SSSR count). The van der Waals surface area contributed by atoms with Crippen molar-refractivity contribution in [3.8, 4) is 0 Å². The number of nitrogens with two attached hydrogens (primary N) is 1. The molecule has 0 aromatic carbocycles. The highest BCUT2D eigenvalue weighted by Crippen LogP contribution is 2.14. The third-order valence-corrected chi connectivity index (χ3v) is 2.51. The highest BCUT2D eigenvalue weighted by molar-refractivity contribution is 5.79. The van der Waals surface area contributed by atoms with Crippen LogP contribution in [0.15, 0.2) is 12.7 Å². The first-order valence-electron chi connectivity index (χ1n) is 5.53. The predicted molar refractivity (Wildman–Crippen MR) is 62.5 cm³/mol. The van der Waals surface area contributed by atoms with E-state index in [1.807, 2.05) is 6.08 Å². The molecule has 0 aromatic heterocycles. The van der Waals surface area contributed by atoms with Gasteiger partial charge in [0.25, 0.3) is 0 Å². The molecule has 3 heteroatoms. The zero-order valence-electron chi connectivity index (χ0n) is 9.92. The summed E-state index contributed by atoms with van der Waals surface area (Å²) < 4.78 is 4.63. The fourth-order valence-corrected chi connectivity index (χ4v) is 1.47. The van der Waals surface area contributed by atoms with Crippen LogP contribution in [-0.4, -0.2) is 18.6 Å². The number of hydrogen-bond donors (Lipinski definition) is 1. The van der Waals surface area contributed by atoms with E-state index in [0.717, 1.165) is 19.3 Å². The highest BCUT2D eigenvalue weighted by Gasteiger charge is 2.28. The summed E-state index contributed by atoms with van der Waals surface area (Å²) in [6.07, 6.45) is 8.11. The monoisotopic (exact) mass is 213 g/mol. The van der Waals surface area contributed by atoms with E-state index < -0.39 is 5.54 Å². The molecule has 2 N–H and O–H groups in total. The summed E-state index contributed by atoms with van der Waals surface area (Å²) in [5.41, 5.74) is 4.99. The Bertz CT molecular complexity index is 200. The standard InChI is InChI=1S/C12H23NO2/c1-4-5-6-7-8-9-10-12(2,13)11(14)15-3/h4H,1,5-10,13H2,2-3H3/t12-/m1/s1. The van der Waals surface area contributed by atoms with Crippen molar-refractivity contribution < 1.29 is 9.53 Å². The van der Waals surface area contributed by atoms with Crippen LogP contribution in [0.2, 0.25) is 0 Å². The number of ether oxygens (including phenoxy) is 1. The van der Waals surface area contributed by atoms with Crippen LogP contribution in [0.25, 0.3) is 0 Å². The maximum Gasteiger partial charge on any atom is 0.325 e. The van der Waals surface area contributed by atoms with Gasteiger partial charge in [0.2, 0.25) is 0 Å². The first kappa shape index (κ1) is 14.2. The molecule has 0 aliphatic carbocycles. The molecule has 0 amide bonds. The summed E-state index contributed by atoms with van der Waals surface area (Å²) in [4.78, 5) is 11.2. The highest BCUT2D eigenvalue weighted by atomic mass is 16.5. The quantitative estimate of drug-likeness (QED) is 0.382. The van der Waals surface area contributed by atoms with Crippen LogP contribution >= 0.6 is 0 Å². The lowest BCUT2D eigenvalue weighted by molar-refractivity contribution is -0.146. The Morgan fingerprint density at radius 1 is 1.40 bits per heavy atom. The van der Waals surface area contributed by atoms with Gasteiger partial charge in [-0.1, -0.05) is 25.3 Å². The van der Waals surface area contributed by atoms with Crippen molar-refractivity contribution >= 4 is 5.97 Å². The number of carbonyl (C=O) groups is 1. The van der Waals surface area contributed by atoms with Gasteiger partial charge in [0, 0.05) is 0 Å². The van der Waals surface area contributed by atoms with E-state index in [9.17, 15) is 4.79 Å². The maximum atomic E-state index is 11.2. The third-order valence-electron chi connectivity index (χ3n) is 2.51. The van der Waals surface area contributed by atoms with Gasteiger partial charge in [0.1, 0.15) is 5.54 Å². The summed E-state index contributed by atoms with van der Waals surface area (Å²) in [6, 6.07) is 0. The number of methoxy groups -OCH3 is 1. The summed E-state index contributed by atoms with van der Waals surface area (Å²) in [5, 5.41) is 0. The molecule has 88 valence electrons. The average Bonchev–Trinajstić information content (AvgIpc) is 2.22. The summed E-state index contributed by atoms with van der Waals surface area (Å²) in [6.45, 7) is 5.40. The number of carbonyl (C=O) groups excluding carboxylic acids is 1. The minimum atomic E-state index is -0.826. The zero-order valence-corrected chi connectivity index (χ0v) is 9.92. The van der Waals surface area contributed by atoms with E-state index in [2.05, 4.69) is 11.3 Å². The van der Waals surface area contributed by atoms with E-state index in [0.29, 0.717) is 6.42 Å². The molecule has 0 heterocycles. The van der Waals surface area contributed by atoms with Gasteiger partial charge in [-0.2, -0.15) is 0 Å². The Labute approximate surface area is 92.7 Å². The molecule has 0 unspecified atom stereocenters. The topological polar surface area (TPSA) is 52.3 Å². The molecule has 3 nitrogen and oxygen atoms in total. The third kappa shape index (κ3) is 6.28. The van der Waals surface area contributed by atoms with Crippen LogP contribution < -0.4 is 5.73 Å². The largest absolute Gasteiger partial charge is 0.468 e. The number of esters is 1. The van der Waals surface area contributed by atoms with Gasteiger partial charge in [-0.05, 0) is 26.2 Å². The summed E-state index contributed by atoms with van der Waals surface area (Å²) in [7, 11) is 1.37. The Morgan fingerprint density at radius 3 is 2.53 bits per heavy atom. The minimum absolute atomic E-state index is 0.325. The molecule has 0 saturated heterocycles. The van der Waals surface area contributed by atoms with Crippen molar-refractivity contribution in [3.63, 3.8) is 0 Å². The van der Waals surface area contributed by atoms with E-state index >= 15 is 0 Å². The van der Waals surface area contributed by atoms with Crippen LogP contribution in [0.3, 0.4) is 0 Å². The van der Waals surface area contributed by atoms with Gasteiger partial charge in [-0.15, -0.1) is 6.58 Å². The second kappa shape index (κ2) is 7.46. The SMILES string of the molecule is C=CCCCCCC[C@@](C)(N)C(=O)OC. The van der Waals surface area contributed by atoms with Gasteiger partial charge in [0.15, 0.2) is 0 Å². The fourth-order valence-electron chi connectivity index (χ4n) is 1.47. The van der Waals surface area contributed by atoms with Crippen LogP contribution in [-0.2, 0) is 9.53 Å². The van der Waals surface area contributed by atoms with Gasteiger partial charge in [-0.3, -0.25) is 4.79 Å².